The van der Waals surface area contributed by atoms with Gasteiger partial charge in [-0.2, -0.15) is 0 Å². The molecule has 1 amide bonds. The van der Waals surface area contributed by atoms with Crippen LogP contribution in [-0.2, 0) is 4.79 Å². The van der Waals surface area contributed by atoms with Crippen molar-refractivity contribution in [2.75, 3.05) is 0 Å². The number of rotatable bonds is 4. The summed E-state index contributed by atoms with van der Waals surface area (Å²) in [6.07, 6.45) is 2.51. The summed E-state index contributed by atoms with van der Waals surface area (Å²) in [6, 6.07) is 9.56. The molecule has 0 saturated heterocycles. The standard InChI is InChI=1S/C12H15NO2/c1-9(12(13)15)11(14)8-7-10-5-3-2-4-6-10/h2-9,11,14H,1H3,(H2,13,15)/b8-7+. The van der Waals surface area contributed by atoms with Gasteiger partial charge >= 0.3 is 0 Å². The van der Waals surface area contributed by atoms with E-state index < -0.39 is 17.9 Å². The molecule has 15 heavy (non-hydrogen) atoms. The maximum atomic E-state index is 10.8. The van der Waals surface area contributed by atoms with E-state index in [0.717, 1.165) is 5.56 Å². The van der Waals surface area contributed by atoms with Gasteiger partial charge in [-0.3, -0.25) is 4.79 Å². The number of benzene rings is 1. The molecule has 0 aliphatic rings. The molecule has 3 nitrogen and oxygen atoms in total. The van der Waals surface area contributed by atoms with Gasteiger partial charge in [-0.25, -0.2) is 0 Å². The Morgan fingerprint density at radius 3 is 2.53 bits per heavy atom. The molecule has 0 fully saturated rings. The normalized spacial score (nSPS) is 15.1. The van der Waals surface area contributed by atoms with Crippen LogP contribution in [0.15, 0.2) is 36.4 Å². The number of hydrogen-bond donors (Lipinski definition) is 2. The number of carbonyl (C=O) groups excluding carboxylic acids is 1. The maximum Gasteiger partial charge on any atom is 0.223 e. The maximum absolute atomic E-state index is 10.8. The first-order valence-electron chi connectivity index (χ1n) is 4.82. The Morgan fingerprint density at radius 2 is 2.00 bits per heavy atom. The van der Waals surface area contributed by atoms with Crippen molar-refractivity contribution in [1.29, 1.82) is 0 Å². The lowest BCUT2D eigenvalue weighted by atomic mass is 10.0. The number of hydrogen-bond acceptors (Lipinski definition) is 2. The van der Waals surface area contributed by atoms with Crippen molar-refractivity contribution >= 4 is 12.0 Å². The lowest BCUT2D eigenvalue weighted by molar-refractivity contribution is -0.123. The van der Waals surface area contributed by atoms with Crippen molar-refractivity contribution in [2.24, 2.45) is 11.7 Å². The number of nitrogens with two attached hydrogens (primary N) is 1. The number of carbonyl (C=O) groups is 1. The summed E-state index contributed by atoms with van der Waals surface area (Å²) in [7, 11) is 0. The predicted octanol–water partition coefficient (Wildman–Crippen LogP) is 1.18. The van der Waals surface area contributed by atoms with Gasteiger partial charge in [0.05, 0.1) is 12.0 Å². The van der Waals surface area contributed by atoms with E-state index >= 15 is 0 Å². The van der Waals surface area contributed by atoms with Crippen molar-refractivity contribution in [3.8, 4) is 0 Å². The fourth-order valence-corrected chi connectivity index (χ4v) is 1.11. The fourth-order valence-electron chi connectivity index (χ4n) is 1.11. The van der Waals surface area contributed by atoms with Crippen LogP contribution in [-0.4, -0.2) is 17.1 Å². The summed E-state index contributed by atoms with van der Waals surface area (Å²) in [6.45, 7) is 1.60. The predicted molar refractivity (Wildman–Crippen MR) is 59.8 cm³/mol. The van der Waals surface area contributed by atoms with E-state index in [9.17, 15) is 9.90 Å². The first kappa shape index (κ1) is 11.5. The highest BCUT2D eigenvalue weighted by Crippen LogP contribution is 2.07. The van der Waals surface area contributed by atoms with Gasteiger partial charge in [0.2, 0.25) is 5.91 Å². The molecule has 3 heteroatoms. The zero-order valence-electron chi connectivity index (χ0n) is 8.63. The highest BCUT2D eigenvalue weighted by atomic mass is 16.3. The number of aliphatic hydroxyl groups excluding tert-OH is 1. The highest BCUT2D eigenvalue weighted by Gasteiger charge is 2.16. The lowest BCUT2D eigenvalue weighted by Crippen LogP contribution is -2.29. The van der Waals surface area contributed by atoms with Crippen LogP contribution in [0.2, 0.25) is 0 Å². The molecular formula is C12H15NO2. The van der Waals surface area contributed by atoms with Gasteiger partial charge < -0.3 is 10.8 Å². The molecule has 1 aromatic rings. The molecule has 0 spiro atoms. The van der Waals surface area contributed by atoms with Crippen LogP contribution in [0, 0.1) is 5.92 Å². The van der Waals surface area contributed by atoms with Crippen LogP contribution in [0.4, 0.5) is 0 Å². The SMILES string of the molecule is CC(C(N)=O)C(O)/C=C/c1ccccc1. The molecule has 0 aliphatic heterocycles. The summed E-state index contributed by atoms with van der Waals surface area (Å²) in [4.78, 5) is 10.8. The molecule has 0 aromatic heterocycles. The van der Waals surface area contributed by atoms with Crippen molar-refractivity contribution in [2.45, 2.75) is 13.0 Å². The minimum absolute atomic E-state index is 0.500. The molecule has 0 saturated carbocycles. The zero-order chi connectivity index (χ0) is 11.3. The first-order valence-corrected chi connectivity index (χ1v) is 4.82. The summed E-state index contributed by atoms with van der Waals surface area (Å²) in [5, 5.41) is 9.56. The monoisotopic (exact) mass is 205 g/mol. The largest absolute Gasteiger partial charge is 0.388 e. The van der Waals surface area contributed by atoms with Crippen molar-refractivity contribution in [3.05, 3.63) is 42.0 Å². The summed E-state index contributed by atoms with van der Waals surface area (Å²) < 4.78 is 0. The number of amides is 1. The summed E-state index contributed by atoms with van der Waals surface area (Å²) >= 11 is 0. The van der Waals surface area contributed by atoms with Gasteiger partial charge in [-0.15, -0.1) is 0 Å². The van der Waals surface area contributed by atoms with Crippen LogP contribution >= 0.6 is 0 Å². The molecule has 0 radical (unpaired) electrons. The topological polar surface area (TPSA) is 63.3 Å². The Bertz CT molecular complexity index is 346. The van der Waals surface area contributed by atoms with E-state index in [0.29, 0.717) is 0 Å². The molecule has 1 rings (SSSR count). The molecule has 0 heterocycles. The van der Waals surface area contributed by atoms with Crippen molar-refractivity contribution < 1.29 is 9.90 Å². The second-order valence-electron chi connectivity index (χ2n) is 3.45. The van der Waals surface area contributed by atoms with Gasteiger partial charge in [0.1, 0.15) is 0 Å². The van der Waals surface area contributed by atoms with Gasteiger partial charge in [0.15, 0.2) is 0 Å². The first-order chi connectivity index (χ1) is 7.11. The molecule has 1 aromatic carbocycles. The molecular weight excluding hydrogens is 190 g/mol. The van der Waals surface area contributed by atoms with Gasteiger partial charge in [-0.05, 0) is 5.56 Å². The smallest absolute Gasteiger partial charge is 0.223 e. The van der Waals surface area contributed by atoms with Crippen molar-refractivity contribution in [3.63, 3.8) is 0 Å². The van der Waals surface area contributed by atoms with Crippen LogP contribution in [0.3, 0.4) is 0 Å². The minimum atomic E-state index is -0.831. The number of aliphatic hydroxyl groups is 1. The average molecular weight is 205 g/mol. The zero-order valence-corrected chi connectivity index (χ0v) is 8.63. The average Bonchev–Trinajstić information content (AvgIpc) is 2.26. The Kier molecular flexibility index (Phi) is 4.06. The van der Waals surface area contributed by atoms with E-state index in [1.54, 1.807) is 19.1 Å². The van der Waals surface area contributed by atoms with Crippen LogP contribution in [0.5, 0.6) is 0 Å². The summed E-state index contributed by atoms with van der Waals surface area (Å²) in [5.74, 6) is -1.06. The molecule has 2 atom stereocenters. The third-order valence-corrected chi connectivity index (χ3v) is 2.25. The van der Waals surface area contributed by atoms with Gasteiger partial charge in [0.25, 0.3) is 0 Å². The molecule has 0 bridgehead atoms. The van der Waals surface area contributed by atoms with E-state index in [1.807, 2.05) is 30.3 Å². The van der Waals surface area contributed by atoms with Crippen LogP contribution in [0.1, 0.15) is 12.5 Å². The van der Waals surface area contributed by atoms with E-state index in [1.165, 1.54) is 0 Å². The third-order valence-electron chi connectivity index (χ3n) is 2.25. The van der Waals surface area contributed by atoms with E-state index in [2.05, 4.69) is 0 Å². The second kappa shape index (κ2) is 5.32. The molecule has 2 unspecified atom stereocenters. The van der Waals surface area contributed by atoms with Crippen LogP contribution < -0.4 is 5.73 Å². The van der Waals surface area contributed by atoms with E-state index in [-0.39, 0.29) is 0 Å². The lowest BCUT2D eigenvalue weighted by Gasteiger charge is -2.10. The quantitative estimate of drug-likeness (QED) is 0.775. The summed E-state index contributed by atoms with van der Waals surface area (Å²) in [5.41, 5.74) is 6.05. The Hall–Kier alpha value is -1.61. The Labute approximate surface area is 89.2 Å². The number of primary amides is 1. The van der Waals surface area contributed by atoms with Crippen LogP contribution in [0.25, 0.3) is 6.08 Å². The molecule has 80 valence electrons. The van der Waals surface area contributed by atoms with Gasteiger partial charge in [0, 0.05) is 0 Å². The Morgan fingerprint density at radius 1 is 1.40 bits per heavy atom. The van der Waals surface area contributed by atoms with E-state index in [4.69, 9.17) is 5.73 Å². The van der Waals surface area contributed by atoms with Crippen molar-refractivity contribution in [1.82, 2.24) is 0 Å². The molecule has 3 N–H and O–H groups in total. The molecule has 0 aliphatic carbocycles. The second-order valence-corrected chi connectivity index (χ2v) is 3.45. The highest BCUT2D eigenvalue weighted by molar-refractivity contribution is 5.77. The fraction of sp³-hybridized carbons (Fsp3) is 0.250. The third kappa shape index (κ3) is 3.56. The van der Waals surface area contributed by atoms with Gasteiger partial charge in [-0.1, -0.05) is 49.4 Å². The minimum Gasteiger partial charge on any atom is -0.388 e. The Balaban J connectivity index is 2.62.